The van der Waals surface area contributed by atoms with Gasteiger partial charge in [0.1, 0.15) is 42.7 Å². The Morgan fingerprint density at radius 3 is 1.00 bits per heavy atom. The molecule has 0 amide bonds. The molecule has 2 fully saturated rings. The van der Waals surface area contributed by atoms with Crippen molar-refractivity contribution in [1.29, 1.82) is 0 Å². The van der Waals surface area contributed by atoms with Crippen LogP contribution in [0.1, 0.15) is 45.4 Å². The number of rotatable bonds is 28. The molecule has 12 atom stereocenters. The van der Waals surface area contributed by atoms with Crippen molar-refractivity contribution in [2.45, 2.75) is 126 Å². The average molecular weight is 1070 g/mol. The van der Waals surface area contributed by atoms with Crippen molar-refractivity contribution in [1.82, 2.24) is 0 Å². The van der Waals surface area contributed by atoms with Gasteiger partial charge in [-0.05, 0) is 38.9 Å². The largest absolute Gasteiger partial charge is 0.374 e. The highest BCUT2D eigenvalue weighted by Gasteiger charge is 2.51. The minimum Gasteiger partial charge on any atom is -0.374 e. The van der Waals surface area contributed by atoms with Crippen LogP contribution in [0.3, 0.4) is 0 Å². The van der Waals surface area contributed by atoms with Crippen molar-refractivity contribution >= 4 is 0 Å². The van der Waals surface area contributed by atoms with Crippen molar-refractivity contribution < 1.29 is 56.8 Å². The Kier molecular flexibility index (Phi) is 21.2. The van der Waals surface area contributed by atoms with Gasteiger partial charge in [-0.25, -0.2) is 0 Å². The summed E-state index contributed by atoms with van der Waals surface area (Å²) in [5.41, 5.74) is 7.14. The molecule has 79 heavy (non-hydrogen) atoms. The monoisotopic (exact) mass is 1070 g/mol. The predicted octanol–water partition coefficient (Wildman–Crippen LogP) is 11.5. The molecule has 0 radical (unpaired) electrons. The topological polar surface area (TPSA) is 111 Å². The quantitative estimate of drug-likeness (QED) is 0.0436. The molecule has 0 unspecified atom stereocenters. The van der Waals surface area contributed by atoms with Gasteiger partial charge < -0.3 is 56.8 Å². The lowest BCUT2D eigenvalue weighted by molar-refractivity contribution is -0.331. The molecule has 0 spiro atoms. The van der Waals surface area contributed by atoms with E-state index in [1.165, 1.54) is 0 Å². The molecule has 0 aliphatic carbocycles. The Hall–Kier alpha value is -6.20. The molecule has 12 heteroatoms. The van der Waals surface area contributed by atoms with Gasteiger partial charge in [-0.15, -0.1) is 0 Å². The third-order valence-corrected chi connectivity index (χ3v) is 14.3. The third-order valence-electron chi connectivity index (χ3n) is 14.3. The molecule has 3 aliphatic rings. The van der Waals surface area contributed by atoms with E-state index < -0.39 is 67.5 Å². The SMILES string of the molecule is CO[C@H]1O[C@H](C[C@H]2C=C[C@@H](CO[C@@H]3O[C@H](COCc4ccccc4)[C@@H](OCc4ccccc4)[C@H](OCc4ccccc4)[C@H]3OCc3ccccc3)O2)[C@@H](OCc2ccccc2)[C@H](OCc2ccccc2)[C@H]1OCc1ccccc1. The van der Waals surface area contributed by atoms with Gasteiger partial charge in [0.15, 0.2) is 12.6 Å². The summed E-state index contributed by atoms with van der Waals surface area (Å²) in [6, 6.07) is 70.7. The number of methoxy groups -OCH3 is 1. The third kappa shape index (κ3) is 16.5. The number of hydrogen-bond donors (Lipinski definition) is 0. The Morgan fingerprint density at radius 1 is 0.291 bits per heavy atom. The average Bonchev–Trinajstić information content (AvgIpc) is 3.97. The molecule has 7 aromatic carbocycles. The molecule has 0 aromatic heterocycles. The van der Waals surface area contributed by atoms with E-state index in [0.29, 0.717) is 46.1 Å². The summed E-state index contributed by atoms with van der Waals surface area (Å²) in [6.07, 6.45) is -2.86. The van der Waals surface area contributed by atoms with Crippen LogP contribution in [0.2, 0.25) is 0 Å². The van der Waals surface area contributed by atoms with Crippen LogP contribution in [0.5, 0.6) is 0 Å². The van der Waals surface area contributed by atoms with Gasteiger partial charge in [0.05, 0.1) is 77.8 Å². The highest BCUT2D eigenvalue weighted by Crippen LogP contribution is 2.36. The number of benzene rings is 7. The van der Waals surface area contributed by atoms with E-state index in [0.717, 1.165) is 38.9 Å². The molecule has 0 bridgehead atoms. The summed E-state index contributed by atoms with van der Waals surface area (Å²) in [4.78, 5) is 0. The summed E-state index contributed by atoms with van der Waals surface area (Å²) in [6.45, 7) is 2.66. The van der Waals surface area contributed by atoms with E-state index in [1.807, 2.05) is 182 Å². The van der Waals surface area contributed by atoms with E-state index in [-0.39, 0.29) is 25.9 Å². The molecule has 3 aliphatic heterocycles. The molecule has 0 N–H and O–H groups in total. The van der Waals surface area contributed by atoms with Gasteiger partial charge in [-0.1, -0.05) is 224 Å². The van der Waals surface area contributed by atoms with Crippen LogP contribution in [-0.4, -0.2) is 93.9 Å². The molecule has 12 nitrogen and oxygen atoms in total. The standard InChI is InChI=1S/C67H72O12/c1-68-66-64(74-45-54-33-19-7-20-34-54)62(72-43-52-29-15-5-16-30-52)60(70-41-50-25-11-3-12-26-50)58(78-66)39-56-37-38-57(77-56)47-76-67-65(75-46-55-35-21-8-22-36-55)63(73-44-53-31-17-6-18-32-53)61(71-42-51-27-13-4-14-28-51)59(79-67)48-69-40-49-23-9-2-10-24-49/h2-38,56-67H,39-48H2,1H3/t56-,57+,58-,59-,60-,61-,62+,63+,64-,65-,66+,67-/m1/s1. The van der Waals surface area contributed by atoms with Gasteiger partial charge in [0.2, 0.25) is 0 Å². The zero-order valence-electron chi connectivity index (χ0n) is 44.8. The number of hydrogen-bond acceptors (Lipinski definition) is 12. The normalized spacial score (nSPS) is 25.8. The fourth-order valence-electron chi connectivity index (χ4n) is 10.2. The maximum Gasteiger partial charge on any atom is 0.187 e. The van der Waals surface area contributed by atoms with Crippen molar-refractivity contribution in [2.24, 2.45) is 0 Å². The fourth-order valence-corrected chi connectivity index (χ4v) is 10.2. The first kappa shape index (κ1) is 56.1. The first-order valence-electron chi connectivity index (χ1n) is 27.5. The summed E-state index contributed by atoms with van der Waals surface area (Å²) < 4.78 is 81.4. The van der Waals surface area contributed by atoms with Crippen LogP contribution < -0.4 is 0 Å². The Morgan fingerprint density at radius 2 is 0.608 bits per heavy atom. The second-order valence-electron chi connectivity index (χ2n) is 20.1. The van der Waals surface area contributed by atoms with E-state index >= 15 is 0 Å². The van der Waals surface area contributed by atoms with Gasteiger partial charge in [-0.3, -0.25) is 0 Å². The summed E-state index contributed by atoms with van der Waals surface area (Å²) in [5.74, 6) is 0. The zero-order valence-corrected chi connectivity index (χ0v) is 44.8. The van der Waals surface area contributed by atoms with Gasteiger partial charge in [0.25, 0.3) is 0 Å². The van der Waals surface area contributed by atoms with E-state index in [2.05, 4.69) is 42.5 Å². The first-order valence-corrected chi connectivity index (χ1v) is 27.5. The van der Waals surface area contributed by atoms with Crippen LogP contribution in [0.25, 0.3) is 0 Å². The minimum absolute atomic E-state index is 0.153. The van der Waals surface area contributed by atoms with Crippen LogP contribution in [0, 0.1) is 0 Å². The van der Waals surface area contributed by atoms with Gasteiger partial charge in [0, 0.05) is 13.5 Å². The van der Waals surface area contributed by atoms with Crippen LogP contribution in [0.15, 0.2) is 224 Å². The molecule has 3 heterocycles. The maximum atomic E-state index is 7.01. The smallest absolute Gasteiger partial charge is 0.187 e. The lowest BCUT2D eigenvalue weighted by Gasteiger charge is -2.46. The second kappa shape index (κ2) is 29.9. The Labute approximate surface area is 465 Å². The zero-order chi connectivity index (χ0) is 53.7. The summed E-state index contributed by atoms with van der Waals surface area (Å²) >= 11 is 0. The van der Waals surface area contributed by atoms with Crippen molar-refractivity contribution in [3.05, 3.63) is 263 Å². The van der Waals surface area contributed by atoms with Crippen molar-refractivity contribution in [3.8, 4) is 0 Å². The molecule has 2 saturated heterocycles. The molecular weight excluding hydrogens is 997 g/mol. The fraction of sp³-hybridized carbons (Fsp3) is 0.343. The van der Waals surface area contributed by atoms with Crippen LogP contribution >= 0.6 is 0 Å². The Balaban J connectivity index is 0.883. The van der Waals surface area contributed by atoms with E-state index in [1.54, 1.807) is 7.11 Å². The van der Waals surface area contributed by atoms with Crippen molar-refractivity contribution in [2.75, 3.05) is 20.3 Å². The highest BCUT2D eigenvalue weighted by molar-refractivity contribution is 5.19. The van der Waals surface area contributed by atoms with Crippen molar-refractivity contribution in [3.63, 3.8) is 0 Å². The maximum absolute atomic E-state index is 7.01. The first-order chi connectivity index (χ1) is 39.1. The van der Waals surface area contributed by atoms with Gasteiger partial charge >= 0.3 is 0 Å². The Bertz CT molecular complexity index is 2800. The minimum atomic E-state index is -0.905. The molecule has 7 aromatic rings. The lowest BCUT2D eigenvalue weighted by Crippen LogP contribution is -2.62. The number of ether oxygens (including phenoxy) is 12. The highest BCUT2D eigenvalue weighted by atomic mass is 16.7. The molecule has 412 valence electrons. The molecule has 0 saturated carbocycles. The van der Waals surface area contributed by atoms with Crippen LogP contribution in [0.4, 0.5) is 0 Å². The molecular formula is C67H72O12. The van der Waals surface area contributed by atoms with Crippen LogP contribution in [-0.2, 0) is 103 Å². The van der Waals surface area contributed by atoms with E-state index in [4.69, 9.17) is 56.8 Å². The predicted molar refractivity (Wildman–Crippen MR) is 299 cm³/mol. The second-order valence-corrected chi connectivity index (χ2v) is 20.1. The summed E-state index contributed by atoms with van der Waals surface area (Å²) in [7, 11) is 1.64. The lowest BCUT2D eigenvalue weighted by atomic mass is 9.94. The summed E-state index contributed by atoms with van der Waals surface area (Å²) in [5, 5.41) is 0. The van der Waals surface area contributed by atoms with Gasteiger partial charge in [-0.2, -0.15) is 0 Å². The van der Waals surface area contributed by atoms with E-state index in [9.17, 15) is 0 Å². The molecule has 10 rings (SSSR count).